The molecule has 1 aliphatic rings. The number of hydrogen-bond donors (Lipinski definition) is 4. The van der Waals surface area contributed by atoms with E-state index in [-0.39, 0.29) is 17.5 Å². The van der Waals surface area contributed by atoms with Crippen molar-refractivity contribution in [2.45, 2.75) is 24.9 Å². The Hall–Kier alpha value is -2.27. The second-order valence-corrected chi connectivity index (χ2v) is 6.21. The lowest BCUT2D eigenvalue weighted by atomic mass is 9.81. The molecule has 114 valence electrons. The van der Waals surface area contributed by atoms with Crippen LogP contribution in [0.15, 0.2) is 48.5 Å². The summed E-state index contributed by atoms with van der Waals surface area (Å²) in [7, 11) is 0. The quantitative estimate of drug-likeness (QED) is 0.642. The maximum atomic E-state index is 10.2. The monoisotopic (exact) mass is 314 g/mol. The Balaban J connectivity index is 1.97. The van der Waals surface area contributed by atoms with Gasteiger partial charge in [0.1, 0.15) is 11.5 Å². The van der Waals surface area contributed by atoms with Crippen LogP contribution in [0, 0.1) is 0 Å². The second kappa shape index (κ2) is 5.50. The molecular weight excluding hydrogens is 296 g/mol. The summed E-state index contributed by atoms with van der Waals surface area (Å²) in [5, 5.41) is 26.7. The van der Waals surface area contributed by atoms with Crippen molar-refractivity contribution in [3.63, 3.8) is 0 Å². The number of phenols is 2. The minimum atomic E-state index is -0.513. The number of nitrogens with one attached hydrogen (secondary N) is 2. The van der Waals surface area contributed by atoms with E-state index in [1.165, 1.54) is 6.07 Å². The molecule has 0 saturated carbocycles. The molecular formula is C17H18N2O2S. The normalized spacial score (nSPS) is 24.4. The number of benzene rings is 2. The van der Waals surface area contributed by atoms with Crippen LogP contribution in [-0.2, 0) is 5.54 Å². The zero-order chi connectivity index (χ0) is 15.7. The van der Waals surface area contributed by atoms with Gasteiger partial charge in [-0.1, -0.05) is 30.3 Å². The van der Waals surface area contributed by atoms with Crippen LogP contribution in [-0.4, -0.2) is 15.3 Å². The minimum absolute atomic E-state index is 0.0426. The van der Waals surface area contributed by atoms with E-state index in [0.717, 1.165) is 17.5 Å². The third-order valence-electron chi connectivity index (χ3n) is 4.08. The first-order valence-corrected chi connectivity index (χ1v) is 7.55. The smallest absolute Gasteiger partial charge is 0.167 e. The number of aromatic hydroxyl groups is 2. The molecule has 1 fully saturated rings. The first kappa shape index (κ1) is 14.7. The lowest BCUT2D eigenvalue weighted by Gasteiger charge is -2.42. The summed E-state index contributed by atoms with van der Waals surface area (Å²) in [4.78, 5) is 0. The molecule has 2 aromatic carbocycles. The summed E-state index contributed by atoms with van der Waals surface area (Å²) in [6.45, 7) is 2.00. The van der Waals surface area contributed by atoms with Crippen molar-refractivity contribution in [2.24, 2.45) is 0 Å². The van der Waals surface area contributed by atoms with Gasteiger partial charge in [-0.05, 0) is 43.3 Å². The molecule has 0 aromatic heterocycles. The molecule has 0 amide bonds. The van der Waals surface area contributed by atoms with Crippen LogP contribution < -0.4 is 10.6 Å². The van der Waals surface area contributed by atoms with Gasteiger partial charge in [0.2, 0.25) is 0 Å². The Labute approximate surface area is 134 Å². The summed E-state index contributed by atoms with van der Waals surface area (Å²) in [5.74, 6) is 0.104. The van der Waals surface area contributed by atoms with Gasteiger partial charge in [0.05, 0.1) is 11.6 Å². The van der Waals surface area contributed by atoms with E-state index >= 15 is 0 Å². The average Bonchev–Trinajstić information content (AvgIpc) is 2.47. The molecule has 2 atom stereocenters. The molecule has 4 N–H and O–H groups in total. The molecule has 3 rings (SSSR count). The summed E-state index contributed by atoms with van der Waals surface area (Å²) in [5.41, 5.74) is 1.35. The first-order chi connectivity index (χ1) is 10.5. The number of phenolic OH excluding ortho intramolecular Hbond substituents is 2. The molecule has 0 spiro atoms. The van der Waals surface area contributed by atoms with Crippen LogP contribution in [0.1, 0.15) is 30.5 Å². The predicted molar refractivity (Wildman–Crippen MR) is 89.8 cm³/mol. The van der Waals surface area contributed by atoms with Gasteiger partial charge < -0.3 is 20.8 Å². The molecule has 1 saturated heterocycles. The van der Waals surface area contributed by atoms with Crippen molar-refractivity contribution in [1.29, 1.82) is 0 Å². The molecule has 4 nitrogen and oxygen atoms in total. The van der Waals surface area contributed by atoms with Gasteiger partial charge >= 0.3 is 0 Å². The fraction of sp³-hybridized carbons (Fsp3) is 0.235. The predicted octanol–water partition coefficient (Wildman–Crippen LogP) is 2.92. The van der Waals surface area contributed by atoms with Crippen molar-refractivity contribution >= 4 is 17.3 Å². The fourth-order valence-electron chi connectivity index (χ4n) is 3.01. The summed E-state index contributed by atoms with van der Waals surface area (Å²) < 4.78 is 0. The van der Waals surface area contributed by atoms with Gasteiger partial charge in [0.25, 0.3) is 0 Å². The Morgan fingerprint density at radius 3 is 2.55 bits per heavy atom. The topological polar surface area (TPSA) is 64.5 Å². The maximum absolute atomic E-state index is 10.2. The van der Waals surface area contributed by atoms with Gasteiger partial charge in [-0.15, -0.1) is 0 Å². The Bertz CT molecular complexity index is 705. The highest BCUT2D eigenvalue weighted by Crippen LogP contribution is 2.39. The molecule has 0 unspecified atom stereocenters. The van der Waals surface area contributed by atoms with E-state index in [1.807, 2.05) is 25.1 Å². The van der Waals surface area contributed by atoms with Gasteiger partial charge in [0, 0.05) is 11.6 Å². The Morgan fingerprint density at radius 1 is 1.14 bits per heavy atom. The van der Waals surface area contributed by atoms with Crippen molar-refractivity contribution in [2.75, 3.05) is 0 Å². The van der Waals surface area contributed by atoms with Crippen LogP contribution in [0.5, 0.6) is 11.5 Å². The van der Waals surface area contributed by atoms with E-state index in [4.69, 9.17) is 12.2 Å². The van der Waals surface area contributed by atoms with E-state index in [0.29, 0.717) is 5.11 Å². The van der Waals surface area contributed by atoms with Crippen molar-refractivity contribution in [1.82, 2.24) is 10.6 Å². The van der Waals surface area contributed by atoms with Gasteiger partial charge in [-0.25, -0.2) is 0 Å². The Kier molecular flexibility index (Phi) is 3.66. The Morgan fingerprint density at radius 2 is 1.86 bits per heavy atom. The fourth-order valence-corrected chi connectivity index (χ4v) is 3.37. The summed E-state index contributed by atoms with van der Waals surface area (Å²) in [6.07, 6.45) is 0.718. The molecule has 1 aliphatic heterocycles. The molecule has 22 heavy (non-hydrogen) atoms. The zero-order valence-electron chi connectivity index (χ0n) is 12.2. The van der Waals surface area contributed by atoms with Crippen LogP contribution in [0.4, 0.5) is 0 Å². The summed E-state index contributed by atoms with van der Waals surface area (Å²) >= 11 is 5.35. The SMILES string of the molecule is C[C@@]1(c2ccc(O)cc2O)C[C@H](c2ccccc2)NC(=S)N1. The van der Waals surface area contributed by atoms with Crippen molar-refractivity contribution in [3.8, 4) is 11.5 Å². The molecule has 0 radical (unpaired) electrons. The van der Waals surface area contributed by atoms with Crippen LogP contribution in [0.3, 0.4) is 0 Å². The van der Waals surface area contributed by atoms with Gasteiger partial charge in [-0.3, -0.25) is 0 Å². The lowest BCUT2D eigenvalue weighted by Crippen LogP contribution is -2.55. The third-order valence-corrected chi connectivity index (χ3v) is 4.30. The summed E-state index contributed by atoms with van der Waals surface area (Å²) in [6, 6.07) is 14.8. The molecule has 5 heteroatoms. The highest BCUT2D eigenvalue weighted by Gasteiger charge is 2.37. The second-order valence-electron chi connectivity index (χ2n) is 5.80. The minimum Gasteiger partial charge on any atom is -0.508 e. The molecule has 1 heterocycles. The largest absolute Gasteiger partial charge is 0.508 e. The maximum Gasteiger partial charge on any atom is 0.167 e. The third kappa shape index (κ3) is 2.72. The lowest BCUT2D eigenvalue weighted by molar-refractivity contribution is 0.306. The van der Waals surface area contributed by atoms with Gasteiger partial charge in [0.15, 0.2) is 5.11 Å². The standard InChI is InChI=1S/C17H18N2O2S/c1-17(13-8-7-12(20)9-15(13)21)10-14(18-16(22)19-17)11-5-3-2-4-6-11/h2-9,14,20-21H,10H2,1H3,(H2,18,19,22)/t14-,17+/m1/s1. The number of hydrogen-bond acceptors (Lipinski definition) is 3. The zero-order valence-corrected chi connectivity index (χ0v) is 13.0. The van der Waals surface area contributed by atoms with Crippen molar-refractivity contribution in [3.05, 3.63) is 59.7 Å². The highest BCUT2D eigenvalue weighted by atomic mass is 32.1. The van der Waals surface area contributed by atoms with E-state index < -0.39 is 5.54 Å². The molecule has 0 bridgehead atoms. The van der Waals surface area contributed by atoms with Crippen molar-refractivity contribution < 1.29 is 10.2 Å². The molecule has 0 aliphatic carbocycles. The van der Waals surface area contributed by atoms with Gasteiger partial charge in [-0.2, -0.15) is 0 Å². The van der Waals surface area contributed by atoms with E-state index in [9.17, 15) is 10.2 Å². The van der Waals surface area contributed by atoms with Crippen LogP contribution in [0.2, 0.25) is 0 Å². The average molecular weight is 314 g/mol. The molecule has 2 aromatic rings. The van der Waals surface area contributed by atoms with E-state index in [2.05, 4.69) is 22.8 Å². The van der Waals surface area contributed by atoms with Crippen LogP contribution in [0.25, 0.3) is 0 Å². The highest BCUT2D eigenvalue weighted by molar-refractivity contribution is 7.80. The first-order valence-electron chi connectivity index (χ1n) is 7.14. The number of rotatable bonds is 2. The van der Waals surface area contributed by atoms with E-state index in [1.54, 1.807) is 12.1 Å². The number of thiocarbonyl (C=S) groups is 1. The van der Waals surface area contributed by atoms with Crippen LogP contribution >= 0.6 is 12.2 Å².